The Morgan fingerprint density at radius 2 is 1.71 bits per heavy atom. The number of hydrogen-bond donors (Lipinski definition) is 1. The van der Waals surface area contributed by atoms with Gasteiger partial charge in [0.15, 0.2) is 14.4 Å². The van der Waals surface area contributed by atoms with Crippen molar-refractivity contribution in [2.24, 2.45) is 11.3 Å². The van der Waals surface area contributed by atoms with E-state index in [1.54, 1.807) is 7.11 Å². The lowest BCUT2D eigenvalue weighted by molar-refractivity contribution is -0.192. The summed E-state index contributed by atoms with van der Waals surface area (Å²) in [5.74, 6) is -0.304. The first-order chi connectivity index (χ1) is 24.5. The van der Waals surface area contributed by atoms with Gasteiger partial charge in [0.2, 0.25) is 0 Å². The van der Waals surface area contributed by atoms with Crippen LogP contribution in [0.1, 0.15) is 78.4 Å². The number of rotatable bonds is 18. The van der Waals surface area contributed by atoms with Crippen LogP contribution in [0.25, 0.3) is 0 Å². The van der Waals surface area contributed by atoms with Crippen LogP contribution in [0.4, 0.5) is 0 Å². The minimum absolute atomic E-state index is 0.0346. The molecule has 1 heterocycles. The maximum atomic E-state index is 14.2. The Morgan fingerprint density at radius 1 is 1.00 bits per heavy atom. The fourth-order valence-electron chi connectivity index (χ4n) is 6.43. The summed E-state index contributed by atoms with van der Waals surface area (Å²) in [7, 11) is 2.71. The highest BCUT2D eigenvalue weighted by Gasteiger charge is 2.54. The number of carbonyl (C=O) groups is 1. The largest absolute Gasteiger partial charge is 0.456 e. The molecule has 3 rings (SSSR count). The van der Waals surface area contributed by atoms with Gasteiger partial charge in [-0.25, -0.2) is 4.79 Å². The first-order valence-electron chi connectivity index (χ1n) is 18.7. The first-order valence-corrected chi connectivity index (χ1v) is 21.6. The minimum atomic E-state index is -1.98. The fraction of sp³-hybridized carbons (Fsp3) is 0.775. The second kappa shape index (κ2) is 20.3. The normalized spacial score (nSPS) is 27.6. The molecule has 0 aromatic heterocycles. The standard InChI is InChI=1S/C40H68O11Si/c1-29(22-40(25-47-28-46-19-18-43-7)23-32(40)24-50-52(10,11)38(2,3)4)33-16-13-17-35(41)39(5,6)31-15-12-14-30(20-31)21-34(48-26-44-8)36(37(42)51-33)49-27-45-9/h12,14-15,20,22,32-36,41H,13,16-19,21,23-28H2,1-11H3/b29-22-/t32-,33?,34+,35-,36-,40?/m0/s1. The number of aliphatic hydroxyl groups excluding tert-OH is 1. The van der Waals surface area contributed by atoms with Crippen LogP contribution in [-0.4, -0.2) is 112 Å². The van der Waals surface area contributed by atoms with Crippen molar-refractivity contribution in [2.45, 2.75) is 122 Å². The summed E-state index contributed by atoms with van der Waals surface area (Å²) in [4.78, 5) is 14.2. The Kier molecular flexibility index (Phi) is 17.4. The molecule has 1 aliphatic carbocycles. The SMILES string of the molecule is COCCOCOCC1(/C=C(/C)C2CCC[C@H](O)C(C)(C)c3cccc(c3)C[C@@H](OCOC)[C@H](OCOC)C(=O)O2)C[C@H]1CO[Si](C)(C)C(C)(C)C. The molecule has 11 nitrogen and oxygen atoms in total. The van der Waals surface area contributed by atoms with Crippen molar-refractivity contribution < 1.29 is 52.2 Å². The van der Waals surface area contributed by atoms with E-state index in [1.165, 1.54) is 14.2 Å². The molecule has 1 aliphatic heterocycles. The number of carbonyl (C=O) groups excluding carboxylic acids is 1. The Hall–Kier alpha value is -1.71. The van der Waals surface area contributed by atoms with E-state index in [0.29, 0.717) is 52.1 Å². The van der Waals surface area contributed by atoms with Gasteiger partial charge in [-0.15, -0.1) is 0 Å². The second-order valence-corrected chi connectivity index (χ2v) is 21.4. The van der Waals surface area contributed by atoms with Crippen molar-refractivity contribution in [1.82, 2.24) is 0 Å². The third kappa shape index (κ3) is 12.7. The number of aliphatic hydroxyl groups is 1. The Bertz CT molecular complexity index is 1260. The van der Waals surface area contributed by atoms with Gasteiger partial charge in [-0.05, 0) is 73.4 Å². The molecule has 2 bridgehead atoms. The second-order valence-electron chi connectivity index (χ2n) is 16.6. The number of hydrogen-bond acceptors (Lipinski definition) is 11. The smallest absolute Gasteiger partial charge is 0.338 e. The van der Waals surface area contributed by atoms with Crippen LogP contribution in [0.3, 0.4) is 0 Å². The van der Waals surface area contributed by atoms with Crippen LogP contribution in [-0.2, 0) is 59.0 Å². The molecule has 2 unspecified atom stereocenters. The first kappa shape index (κ1) is 44.7. The van der Waals surface area contributed by atoms with Gasteiger partial charge in [-0.3, -0.25) is 0 Å². The van der Waals surface area contributed by atoms with Crippen LogP contribution in [0, 0.1) is 11.3 Å². The van der Waals surface area contributed by atoms with Crippen molar-refractivity contribution in [3.63, 3.8) is 0 Å². The average Bonchev–Trinajstić information content (AvgIpc) is 3.77. The van der Waals surface area contributed by atoms with Crippen LogP contribution in [0.5, 0.6) is 0 Å². The quantitative estimate of drug-likeness (QED) is 0.0578. The molecule has 2 aliphatic rings. The van der Waals surface area contributed by atoms with E-state index in [2.05, 4.69) is 59.9 Å². The molecule has 6 atom stereocenters. The van der Waals surface area contributed by atoms with Crippen molar-refractivity contribution >= 4 is 14.3 Å². The molecule has 12 heteroatoms. The molecule has 0 spiro atoms. The van der Waals surface area contributed by atoms with E-state index in [1.807, 2.05) is 25.1 Å². The fourth-order valence-corrected chi connectivity index (χ4v) is 7.48. The van der Waals surface area contributed by atoms with E-state index in [9.17, 15) is 9.90 Å². The van der Waals surface area contributed by atoms with Gasteiger partial charge >= 0.3 is 5.97 Å². The van der Waals surface area contributed by atoms with Crippen molar-refractivity contribution in [1.29, 1.82) is 0 Å². The highest BCUT2D eigenvalue weighted by molar-refractivity contribution is 6.74. The van der Waals surface area contributed by atoms with Gasteiger partial charge in [0.05, 0.1) is 25.9 Å². The summed E-state index contributed by atoms with van der Waals surface area (Å²) in [5, 5.41) is 11.6. The molecule has 0 saturated heterocycles. The summed E-state index contributed by atoms with van der Waals surface area (Å²) in [6.07, 6.45) is 2.17. The van der Waals surface area contributed by atoms with Gasteiger partial charge in [0.1, 0.15) is 32.6 Å². The van der Waals surface area contributed by atoms with E-state index in [4.69, 9.17) is 42.3 Å². The summed E-state index contributed by atoms with van der Waals surface area (Å²) in [6, 6.07) is 8.06. The number of benzene rings is 1. The van der Waals surface area contributed by atoms with Gasteiger partial charge < -0.3 is 47.4 Å². The zero-order valence-corrected chi connectivity index (χ0v) is 34.8. The maximum absolute atomic E-state index is 14.2. The Morgan fingerprint density at radius 3 is 2.38 bits per heavy atom. The highest BCUT2D eigenvalue weighted by atomic mass is 28.4. The lowest BCUT2D eigenvalue weighted by atomic mass is 9.76. The van der Waals surface area contributed by atoms with E-state index >= 15 is 0 Å². The van der Waals surface area contributed by atoms with E-state index in [0.717, 1.165) is 23.1 Å². The van der Waals surface area contributed by atoms with Gasteiger partial charge in [-0.1, -0.05) is 65.0 Å². The van der Waals surface area contributed by atoms with E-state index < -0.39 is 44.1 Å². The topological polar surface area (TPSA) is 120 Å². The van der Waals surface area contributed by atoms with E-state index in [-0.39, 0.29) is 36.7 Å². The predicted octanol–water partition coefficient (Wildman–Crippen LogP) is 6.55. The molecule has 1 aromatic rings. The minimum Gasteiger partial charge on any atom is -0.456 e. The molecular weight excluding hydrogens is 685 g/mol. The highest BCUT2D eigenvalue weighted by Crippen LogP contribution is 2.56. The third-order valence-corrected chi connectivity index (χ3v) is 15.7. The Balaban J connectivity index is 1.96. The molecule has 0 radical (unpaired) electrons. The van der Waals surface area contributed by atoms with Gasteiger partial charge in [0.25, 0.3) is 0 Å². The average molecular weight is 753 g/mol. The van der Waals surface area contributed by atoms with Crippen LogP contribution < -0.4 is 0 Å². The van der Waals surface area contributed by atoms with Crippen LogP contribution in [0.2, 0.25) is 18.1 Å². The molecule has 1 saturated carbocycles. The summed E-state index contributed by atoms with van der Waals surface area (Å²) < 4.78 is 52.4. The number of esters is 1. The monoisotopic (exact) mass is 752 g/mol. The van der Waals surface area contributed by atoms with Gasteiger partial charge in [-0.2, -0.15) is 0 Å². The molecule has 0 amide bonds. The molecule has 1 fully saturated rings. The molecule has 298 valence electrons. The number of fused-ring (bicyclic) bond motifs is 2. The summed E-state index contributed by atoms with van der Waals surface area (Å²) in [6.45, 7) is 19.4. The van der Waals surface area contributed by atoms with Gasteiger partial charge in [0, 0.05) is 45.2 Å². The van der Waals surface area contributed by atoms with Crippen molar-refractivity contribution in [2.75, 3.05) is 68.1 Å². The molecule has 1 aromatic carbocycles. The van der Waals surface area contributed by atoms with Crippen LogP contribution >= 0.6 is 0 Å². The van der Waals surface area contributed by atoms with Crippen LogP contribution in [0.15, 0.2) is 35.9 Å². The lowest BCUT2D eigenvalue weighted by Crippen LogP contribution is -2.43. The number of ether oxygens (including phenoxy) is 8. The predicted molar refractivity (Wildman–Crippen MR) is 203 cm³/mol. The Labute approximate surface area is 314 Å². The summed E-state index contributed by atoms with van der Waals surface area (Å²) in [5.41, 5.74) is 2.05. The van der Waals surface area contributed by atoms with Crippen molar-refractivity contribution in [3.8, 4) is 0 Å². The van der Waals surface area contributed by atoms with Crippen molar-refractivity contribution in [3.05, 3.63) is 47.0 Å². The maximum Gasteiger partial charge on any atom is 0.338 e. The zero-order chi connectivity index (χ0) is 38.6. The molecule has 52 heavy (non-hydrogen) atoms. The molecular formula is C40H68O11Si. The molecule has 1 N–H and O–H groups in total. The lowest BCUT2D eigenvalue weighted by Gasteiger charge is -2.36. The summed E-state index contributed by atoms with van der Waals surface area (Å²) >= 11 is 0. The number of methoxy groups -OCH3 is 3. The third-order valence-electron chi connectivity index (χ3n) is 11.2. The number of cyclic esters (lactones) is 1. The zero-order valence-electron chi connectivity index (χ0n) is 33.8.